The van der Waals surface area contributed by atoms with Crippen LogP contribution in [-0.2, 0) is 5.41 Å². The zero-order valence-corrected chi connectivity index (χ0v) is 9.65. The lowest BCUT2D eigenvalue weighted by molar-refractivity contribution is 0.0221. The lowest BCUT2D eigenvalue weighted by atomic mass is 9.63. The van der Waals surface area contributed by atoms with Crippen molar-refractivity contribution in [1.82, 2.24) is 0 Å². The highest BCUT2D eigenvalue weighted by Crippen LogP contribution is 2.43. The topological polar surface area (TPSA) is 55.5 Å². The predicted molar refractivity (Wildman–Crippen MR) is 63.6 cm³/mol. The highest BCUT2D eigenvalue weighted by Gasteiger charge is 2.43. The van der Waals surface area contributed by atoms with E-state index in [1.807, 2.05) is 19.1 Å². The number of aliphatic hydroxyl groups is 1. The van der Waals surface area contributed by atoms with Crippen LogP contribution >= 0.6 is 0 Å². The quantitative estimate of drug-likeness (QED) is 0.808. The van der Waals surface area contributed by atoms with Gasteiger partial charge in [0.2, 0.25) is 0 Å². The number of hydrogen-bond acceptors (Lipinski definition) is 3. The summed E-state index contributed by atoms with van der Waals surface area (Å²) in [4.78, 5) is 0. The van der Waals surface area contributed by atoms with Gasteiger partial charge in [0.25, 0.3) is 0 Å². The molecule has 0 atom stereocenters. The van der Waals surface area contributed by atoms with Crippen LogP contribution in [0.25, 0.3) is 0 Å². The van der Waals surface area contributed by atoms with Gasteiger partial charge in [0.05, 0.1) is 12.7 Å². The Morgan fingerprint density at radius 1 is 1.38 bits per heavy atom. The summed E-state index contributed by atoms with van der Waals surface area (Å²) in [6.45, 7) is 3.25. The Hall–Kier alpha value is -1.06. The average molecular weight is 221 g/mol. The first-order valence-corrected chi connectivity index (χ1v) is 5.81. The summed E-state index contributed by atoms with van der Waals surface area (Å²) >= 11 is 0. The van der Waals surface area contributed by atoms with Crippen LogP contribution in [0.2, 0.25) is 0 Å². The van der Waals surface area contributed by atoms with E-state index < -0.39 is 0 Å². The van der Waals surface area contributed by atoms with E-state index in [4.69, 9.17) is 10.5 Å². The Morgan fingerprint density at radius 2 is 2.00 bits per heavy atom. The van der Waals surface area contributed by atoms with Gasteiger partial charge in [0.15, 0.2) is 0 Å². The van der Waals surface area contributed by atoms with E-state index in [0.29, 0.717) is 13.2 Å². The molecule has 0 bridgehead atoms. The third-order valence-corrected chi connectivity index (χ3v) is 3.42. The van der Waals surface area contributed by atoms with Gasteiger partial charge < -0.3 is 15.6 Å². The summed E-state index contributed by atoms with van der Waals surface area (Å²) in [6, 6.07) is 8.06. The molecule has 0 radical (unpaired) electrons. The van der Waals surface area contributed by atoms with E-state index in [-0.39, 0.29) is 11.5 Å². The predicted octanol–water partition coefficient (Wildman–Crippen LogP) is 1.44. The van der Waals surface area contributed by atoms with Crippen LogP contribution in [0.3, 0.4) is 0 Å². The van der Waals surface area contributed by atoms with Crippen molar-refractivity contribution in [2.24, 2.45) is 5.73 Å². The second kappa shape index (κ2) is 4.44. The van der Waals surface area contributed by atoms with Crippen molar-refractivity contribution in [1.29, 1.82) is 0 Å². The van der Waals surface area contributed by atoms with Crippen LogP contribution in [0.15, 0.2) is 24.3 Å². The Bertz CT molecular complexity index is 341. The fourth-order valence-electron chi connectivity index (χ4n) is 2.43. The van der Waals surface area contributed by atoms with Crippen LogP contribution in [-0.4, -0.2) is 24.4 Å². The number of aliphatic hydroxyl groups excluding tert-OH is 1. The molecule has 3 nitrogen and oxygen atoms in total. The number of hydrogen-bond donors (Lipinski definition) is 2. The van der Waals surface area contributed by atoms with E-state index in [1.165, 1.54) is 5.56 Å². The number of nitrogens with two attached hydrogens (primary N) is 1. The lowest BCUT2D eigenvalue weighted by Crippen LogP contribution is -2.49. The molecule has 3 N–H and O–H groups in total. The molecule has 16 heavy (non-hydrogen) atoms. The van der Waals surface area contributed by atoms with Crippen molar-refractivity contribution >= 4 is 0 Å². The summed E-state index contributed by atoms with van der Waals surface area (Å²) < 4.78 is 5.40. The molecule has 1 saturated carbocycles. The van der Waals surface area contributed by atoms with E-state index >= 15 is 0 Å². The van der Waals surface area contributed by atoms with Crippen LogP contribution in [0.5, 0.6) is 5.75 Å². The van der Waals surface area contributed by atoms with Crippen molar-refractivity contribution in [3.05, 3.63) is 29.8 Å². The first-order chi connectivity index (χ1) is 7.70. The Morgan fingerprint density at radius 3 is 2.44 bits per heavy atom. The highest BCUT2D eigenvalue weighted by molar-refractivity contribution is 5.35. The van der Waals surface area contributed by atoms with Crippen LogP contribution < -0.4 is 10.5 Å². The minimum absolute atomic E-state index is 0.00976. The van der Waals surface area contributed by atoms with Gasteiger partial charge in [0.1, 0.15) is 5.75 Å². The monoisotopic (exact) mass is 221 g/mol. The zero-order chi connectivity index (χ0) is 11.6. The molecular formula is C13H19NO2. The second-order valence-electron chi connectivity index (χ2n) is 4.50. The Labute approximate surface area is 96.2 Å². The van der Waals surface area contributed by atoms with Gasteiger partial charge >= 0.3 is 0 Å². The van der Waals surface area contributed by atoms with E-state index in [1.54, 1.807) is 0 Å². The van der Waals surface area contributed by atoms with Gasteiger partial charge in [-0.2, -0.15) is 0 Å². The molecular weight excluding hydrogens is 202 g/mol. The molecule has 3 heteroatoms. The van der Waals surface area contributed by atoms with Gasteiger partial charge in [0, 0.05) is 12.0 Å². The SMILES string of the molecule is CCOc1ccc(C2(CN)CC(O)C2)cc1. The van der Waals surface area contributed by atoms with Crippen molar-refractivity contribution in [3.63, 3.8) is 0 Å². The zero-order valence-electron chi connectivity index (χ0n) is 9.65. The molecule has 88 valence electrons. The number of benzene rings is 1. The molecule has 0 unspecified atom stereocenters. The molecule has 0 amide bonds. The molecule has 0 heterocycles. The third kappa shape index (κ3) is 1.93. The van der Waals surface area contributed by atoms with Crippen LogP contribution in [0.1, 0.15) is 25.3 Å². The first kappa shape index (κ1) is 11.4. The first-order valence-electron chi connectivity index (χ1n) is 5.81. The molecule has 1 aliphatic carbocycles. The van der Waals surface area contributed by atoms with Crippen molar-refractivity contribution in [2.45, 2.75) is 31.3 Å². The molecule has 1 fully saturated rings. The van der Waals surface area contributed by atoms with Crippen LogP contribution in [0, 0.1) is 0 Å². The fraction of sp³-hybridized carbons (Fsp3) is 0.538. The minimum atomic E-state index is -0.185. The van der Waals surface area contributed by atoms with Crippen molar-refractivity contribution in [3.8, 4) is 5.75 Å². The van der Waals surface area contributed by atoms with E-state index in [2.05, 4.69) is 12.1 Å². The van der Waals surface area contributed by atoms with Crippen LogP contribution in [0.4, 0.5) is 0 Å². The molecule has 1 aromatic carbocycles. The molecule has 0 spiro atoms. The van der Waals surface area contributed by atoms with Gasteiger partial charge in [-0.25, -0.2) is 0 Å². The van der Waals surface area contributed by atoms with Gasteiger partial charge in [-0.15, -0.1) is 0 Å². The van der Waals surface area contributed by atoms with E-state index in [0.717, 1.165) is 18.6 Å². The highest BCUT2D eigenvalue weighted by atomic mass is 16.5. The maximum absolute atomic E-state index is 9.43. The normalized spacial score (nSPS) is 28.6. The number of ether oxygens (including phenoxy) is 1. The largest absolute Gasteiger partial charge is 0.494 e. The third-order valence-electron chi connectivity index (χ3n) is 3.42. The summed E-state index contributed by atoms with van der Waals surface area (Å²) in [5.74, 6) is 0.887. The summed E-state index contributed by atoms with van der Waals surface area (Å²) in [5, 5.41) is 9.43. The van der Waals surface area contributed by atoms with E-state index in [9.17, 15) is 5.11 Å². The maximum Gasteiger partial charge on any atom is 0.119 e. The average Bonchev–Trinajstić information content (AvgIpc) is 2.26. The second-order valence-corrected chi connectivity index (χ2v) is 4.50. The summed E-state index contributed by atoms with van der Waals surface area (Å²) in [7, 11) is 0. The molecule has 0 saturated heterocycles. The molecule has 0 aliphatic heterocycles. The van der Waals surface area contributed by atoms with Crippen molar-refractivity contribution < 1.29 is 9.84 Å². The fourth-order valence-corrected chi connectivity index (χ4v) is 2.43. The van der Waals surface area contributed by atoms with Gasteiger partial charge in [-0.05, 0) is 37.5 Å². The molecule has 1 aromatic rings. The van der Waals surface area contributed by atoms with Crippen molar-refractivity contribution in [2.75, 3.05) is 13.2 Å². The summed E-state index contributed by atoms with van der Waals surface area (Å²) in [5.41, 5.74) is 7.02. The lowest BCUT2D eigenvalue weighted by Gasteiger charge is -2.45. The molecule has 0 aromatic heterocycles. The minimum Gasteiger partial charge on any atom is -0.494 e. The van der Waals surface area contributed by atoms with Gasteiger partial charge in [-0.1, -0.05) is 12.1 Å². The summed E-state index contributed by atoms with van der Waals surface area (Å²) in [6.07, 6.45) is 1.37. The maximum atomic E-state index is 9.43. The molecule has 2 rings (SSSR count). The smallest absolute Gasteiger partial charge is 0.119 e. The standard InChI is InChI=1S/C13H19NO2/c1-2-16-12-5-3-10(4-6-12)13(9-14)7-11(15)8-13/h3-6,11,15H,2,7-9,14H2,1H3. The Balaban J connectivity index is 2.14. The number of rotatable bonds is 4. The molecule has 1 aliphatic rings. The Kier molecular flexibility index (Phi) is 3.17. The van der Waals surface area contributed by atoms with Gasteiger partial charge in [-0.3, -0.25) is 0 Å².